The lowest BCUT2D eigenvalue weighted by Gasteiger charge is -2.23. The van der Waals surface area contributed by atoms with Crippen molar-refractivity contribution in [2.45, 2.75) is 29.3 Å². The molecule has 5 nitrogen and oxygen atoms in total. The number of nitrogens with one attached hydrogen (secondary N) is 1. The predicted molar refractivity (Wildman–Crippen MR) is 138 cm³/mol. The fraction of sp³-hybridized carbons (Fsp3) is 0.208. The van der Waals surface area contributed by atoms with Crippen molar-refractivity contribution in [3.8, 4) is 0 Å². The van der Waals surface area contributed by atoms with Gasteiger partial charge in [-0.25, -0.2) is 8.42 Å². The number of hydrogen-bond acceptors (Lipinski definition) is 4. The maximum absolute atomic E-state index is 13.4. The van der Waals surface area contributed by atoms with E-state index in [2.05, 4.69) is 21.2 Å². The van der Waals surface area contributed by atoms with Gasteiger partial charge < -0.3 is 5.32 Å². The molecule has 0 saturated carbocycles. The van der Waals surface area contributed by atoms with E-state index >= 15 is 0 Å². The van der Waals surface area contributed by atoms with Crippen LogP contribution in [0.15, 0.2) is 87.1 Å². The minimum Gasteiger partial charge on any atom is -0.348 e. The summed E-state index contributed by atoms with van der Waals surface area (Å²) in [5.74, 6) is -0.383. The minimum absolute atomic E-state index is 0.0415. The zero-order chi connectivity index (χ0) is 24.0. The molecule has 0 bridgehead atoms. The third kappa shape index (κ3) is 7.07. The van der Waals surface area contributed by atoms with Gasteiger partial charge >= 0.3 is 0 Å². The number of benzene rings is 3. The summed E-state index contributed by atoms with van der Waals surface area (Å²) in [5.41, 5.74) is 1.68. The summed E-state index contributed by atoms with van der Waals surface area (Å²) in [6, 6.07) is 20.9. The number of carbonyl (C=O) groups is 1. The highest BCUT2D eigenvalue weighted by atomic mass is 79.9. The second-order valence-electron chi connectivity index (χ2n) is 7.42. The Labute approximate surface area is 212 Å². The first kappa shape index (κ1) is 25.8. The number of carbonyl (C=O) groups excluding carboxylic acids is 1. The van der Waals surface area contributed by atoms with Gasteiger partial charge in [0.05, 0.1) is 17.5 Å². The van der Waals surface area contributed by atoms with Crippen molar-refractivity contribution in [3.63, 3.8) is 0 Å². The number of rotatable bonds is 9. The molecule has 3 rings (SSSR count). The molecule has 1 amide bonds. The third-order valence-electron chi connectivity index (χ3n) is 5.04. The molecule has 0 saturated heterocycles. The van der Waals surface area contributed by atoms with E-state index in [-0.39, 0.29) is 29.9 Å². The van der Waals surface area contributed by atoms with Gasteiger partial charge in [0, 0.05) is 20.9 Å². The molecule has 3 aromatic rings. The van der Waals surface area contributed by atoms with E-state index in [1.807, 2.05) is 37.4 Å². The van der Waals surface area contributed by atoms with Gasteiger partial charge in [-0.05, 0) is 72.8 Å². The Hall–Kier alpha value is -1.84. The fourth-order valence-electron chi connectivity index (χ4n) is 3.20. The Balaban J connectivity index is 1.81. The Morgan fingerprint density at radius 3 is 2.21 bits per heavy atom. The summed E-state index contributed by atoms with van der Waals surface area (Å²) in [5, 5.41) is 3.47. The molecule has 0 aromatic heterocycles. The van der Waals surface area contributed by atoms with Crippen LogP contribution in [0.4, 0.5) is 0 Å². The molecule has 1 atom stereocenters. The van der Waals surface area contributed by atoms with E-state index in [4.69, 9.17) is 11.6 Å². The average Bonchev–Trinajstić information content (AvgIpc) is 2.80. The highest BCUT2D eigenvalue weighted by Crippen LogP contribution is 2.22. The van der Waals surface area contributed by atoms with Gasteiger partial charge in [-0.15, -0.1) is 11.8 Å². The number of thioether (sulfide) groups is 1. The molecular formula is C24H24BrClN2O3S2. The van der Waals surface area contributed by atoms with Crippen molar-refractivity contribution in [3.05, 3.63) is 93.4 Å². The lowest BCUT2D eigenvalue weighted by atomic mass is 10.1. The first-order valence-corrected chi connectivity index (χ1v) is 14.0. The van der Waals surface area contributed by atoms with Crippen LogP contribution >= 0.6 is 39.3 Å². The summed E-state index contributed by atoms with van der Waals surface area (Å²) >= 11 is 10.9. The lowest BCUT2D eigenvalue weighted by molar-refractivity contribution is -0.122. The van der Waals surface area contributed by atoms with Crippen LogP contribution < -0.4 is 5.32 Å². The topological polar surface area (TPSA) is 66.5 Å². The van der Waals surface area contributed by atoms with E-state index in [1.165, 1.54) is 16.4 Å². The van der Waals surface area contributed by atoms with E-state index in [1.54, 1.807) is 48.2 Å². The first-order chi connectivity index (χ1) is 15.7. The van der Waals surface area contributed by atoms with Gasteiger partial charge in [0.15, 0.2) is 0 Å². The van der Waals surface area contributed by atoms with Crippen molar-refractivity contribution < 1.29 is 13.2 Å². The molecule has 33 heavy (non-hydrogen) atoms. The van der Waals surface area contributed by atoms with E-state index in [9.17, 15) is 13.2 Å². The van der Waals surface area contributed by atoms with Crippen LogP contribution in [0.5, 0.6) is 0 Å². The molecule has 3 aromatic carbocycles. The Bertz CT molecular complexity index is 1190. The van der Waals surface area contributed by atoms with Crippen LogP contribution in [0.3, 0.4) is 0 Å². The average molecular weight is 568 g/mol. The van der Waals surface area contributed by atoms with Crippen molar-refractivity contribution in [2.24, 2.45) is 0 Å². The van der Waals surface area contributed by atoms with Crippen LogP contribution in [0, 0.1) is 0 Å². The van der Waals surface area contributed by atoms with Crippen molar-refractivity contribution in [2.75, 3.05) is 12.8 Å². The Morgan fingerprint density at radius 1 is 1.03 bits per heavy atom. The molecule has 0 fully saturated rings. The fourth-order valence-corrected chi connectivity index (χ4v) is 5.38. The summed E-state index contributed by atoms with van der Waals surface area (Å²) in [4.78, 5) is 14.1. The molecular weight excluding hydrogens is 544 g/mol. The number of nitrogens with zero attached hydrogens (tertiary/aromatic N) is 1. The molecule has 174 valence electrons. The highest BCUT2D eigenvalue weighted by Gasteiger charge is 2.27. The van der Waals surface area contributed by atoms with E-state index in [0.717, 1.165) is 20.5 Å². The Morgan fingerprint density at radius 2 is 1.64 bits per heavy atom. The molecule has 0 heterocycles. The third-order valence-corrected chi connectivity index (χ3v) is 8.37. The van der Waals surface area contributed by atoms with E-state index < -0.39 is 10.0 Å². The molecule has 0 spiro atoms. The highest BCUT2D eigenvalue weighted by molar-refractivity contribution is 9.10. The lowest BCUT2D eigenvalue weighted by Crippen LogP contribution is -2.41. The summed E-state index contributed by atoms with van der Waals surface area (Å²) in [7, 11) is -3.91. The smallest absolute Gasteiger partial charge is 0.243 e. The number of sulfonamides is 1. The molecule has 1 N–H and O–H groups in total. The summed E-state index contributed by atoms with van der Waals surface area (Å²) < 4.78 is 28.7. The zero-order valence-corrected chi connectivity index (χ0v) is 22.1. The SMILES string of the molecule is CSc1ccc([C@@H](C)NC(=O)CN(Cc2ccc(Cl)cc2)S(=O)(=O)c2ccc(Br)cc2)cc1. The van der Waals surface area contributed by atoms with Crippen molar-refractivity contribution in [1.82, 2.24) is 9.62 Å². The normalized spacial score (nSPS) is 12.5. The van der Waals surface area contributed by atoms with Gasteiger partial charge in [-0.1, -0.05) is 51.8 Å². The minimum atomic E-state index is -3.91. The van der Waals surface area contributed by atoms with Gasteiger partial charge in [0.1, 0.15) is 0 Å². The van der Waals surface area contributed by atoms with Crippen LogP contribution in [0.2, 0.25) is 5.02 Å². The predicted octanol–water partition coefficient (Wildman–Crippen LogP) is 5.89. The summed E-state index contributed by atoms with van der Waals surface area (Å²) in [6.07, 6.45) is 2.00. The second-order valence-corrected chi connectivity index (χ2v) is 11.6. The standard InChI is InChI=1S/C24H24BrClN2O3S2/c1-17(19-5-11-22(32-2)12-6-19)27-24(29)16-28(15-18-3-9-21(26)10-4-18)33(30,31)23-13-7-20(25)8-14-23/h3-14,17H,15-16H2,1-2H3,(H,27,29)/t17-/m1/s1. The molecule has 0 aliphatic rings. The van der Waals surface area contributed by atoms with Gasteiger partial charge in [-0.2, -0.15) is 4.31 Å². The maximum Gasteiger partial charge on any atom is 0.243 e. The first-order valence-electron chi connectivity index (χ1n) is 10.1. The molecule has 0 unspecified atom stereocenters. The quantitative estimate of drug-likeness (QED) is 0.327. The molecule has 9 heteroatoms. The van der Waals surface area contributed by atoms with Crippen LogP contribution in [0.1, 0.15) is 24.1 Å². The number of hydrogen-bond donors (Lipinski definition) is 1. The van der Waals surface area contributed by atoms with Gasteiger partial charge in [0.25, 0.3) is 0 Å². The van der Waals surface area contributed by atoms with Gasteiger partial charge in [-0.3, -0.25) is 4.79 Å². The molecule has 0 aliphatic carbocycles. The Kier molecular flexibility index (Phi) is 9.01. The van der Waals surface area contributed by atoms with Crippen molar-refractivity contribution in [1.29, 1.82) is 0 Å². The summed E-state index contributed by atoms with van der Waals surface area (Å²) in [6.45, 7) is 1.60. The largest absolute Gasteiger partial charge is 0.348 e. The van der Waals surface area contributed by atoms with Crippen molar-refractivity contribution >= 4 is 55.2 Å². The van der Waals surface area contributed by atoms with E-state index in [0.29, 0.717) is 5.02 Å². The van der Waals surface area contributed by atoms with Gasteiger partial charge in [0.2, 0.25) is 15.9 Å². The molecule has 0 radical (unpaired) electrons. The second kappa shape index (κ2) is 11.5. The zero-order valence-electron chi connectivity index (χ0n) is 18.2. The number of amides is 1. The maximum atomic E-state index is 13.4. The monoisotopic (exact) mass is 566 g/mol. The number of halogens is 2. The van der Waals surface area contributed by atoms with Crippen LogP contribution in [0.25, 0.3) is 0 Å². The molecule has 0 aliphatic heterocycles. The van der Waals surface area contributed by atoms with Crippen LogP contribution in [-0.4, -0.2) is 31.4 Å². The van der Waals surface area contributed by atoms with Crippen LogP contribution in [-0.2, 0) is 21.4 Å².